The van der Waals surface area contributed by atoms with Gasteiger partial charge in [0.25, 0.3) is 0 Å². The third-order valence-corrected chi connectivity index (χ3v) is 4.50. The SMILES string of the molecule is CC(C)CC(=O)N1CCN(C(=O)Cc2ccc3[nH]c(=O)[nH]c3c2)CC1. The minimum absolute atomic E-state index is 0.0493. The molecule has 1 aliphatic rings. The van der Waals surface area contributed by atoms with E-state index in [0.29, 0.717) is 50.5 Å². The Kier molecular flexibility index (Phi) is 4.92. The van der Waals surface area contributed by atoms with E-state index in [9.17, 15) is 14.4 Å². The number of carbonyl (C=O) groups excluding carboxylic acids is 2. The number of imidazole rings is 1. The molecular weight excluding hydrogens is 320 g/mol. The van der Waals surface area contributed by atoms with Gasteiger partial charge in [-0.3, -0.25) is 9.59 Å². The van der Waals surface area contributed by atoms with Crippen LogP contribution < -0.4 is 5.69 Å². The minimum atomic E-state index is -0.249. The Hall–Kier alpha value is -2.57. The van der Waals surface area contributed by atoms with Crippen LogP contribution in [0.25, 0.3) is 11.0 Å². The molecule has 0 aliphatic carbocycles. The lowest BCUT2D eigenvalue weighted by Crippen LogP contribution is -2.51. The highest BCUT2D eigenvalue weighted by Crippen LogP contribution is 2.13. The van der Waals surface area contributed by atoms with Gasteiger partial charge in [0.2, 0.25) is 11.8 Å². The predicted octanol–water partition coefficient (Wildman–Crippen LogP) is 1.12. The lowest BCUT2D eigenvalue weighted by Gasteiger charge is -2.35. The second-order valence-electron chi connectivity index (χ2n) is 7.00. The zero-order valence-corrected chi connectivity index (χ0v) is 14.7. The average Bonchev–Trinajstić information content (AvgIpc) is 2.93. The summed E-state index contributed by atoms with van der Waals surface area (Å²) in [5, 5.41) is 0. The van der Waals surface area contributed by atoms with E-state index in [-0.39, 0.29) is 17.5 Å². The largest absolute Gasteiger partial charge is 0.339 e. The minimum Gasteiger partial charge on any atom is -0.339 e. The molecule has 0 radical (unpaired) electrons. The maximum atomic E-state index is 12.5. The molecule has 25 heavy (non-hydrogen) atoms. The molecule has 0 atom stereocenters. The normalized spacial score (nSPS) is 15.2. The van der Waals surface area contributed by atoms with E-state index < -0.39 is 0 Å². The Bertz CT molecular complexity index is 828. The number of nitrogens with one attached hydrogen (secondary N) is 2. The van der Waals surface area contributed by atoms with Crippen molar-refractivity contribution >= 4 is 22.8 Å². The number of fused-ring (bicyclic) bond motifs is 1. The van der Waals surface area contributed by atoms with Gasteiger partial charge in [-0.2, -0.15) is 0 Å². The van der Waals surface area contributed by atoms with E-state index in [1.165, 1.54) is 0 Å². The molecule has 7 heteroatoms. The lowest BCUT2D eigenvalue weighted by atomic mass is 10.1. The number of hydrogen-bond acceptors (Lipinski definition) is 3. The van der Waals surface area contributed by atoms with Gasteiger partial charge in [0, 0.05) is 32.6 Å². The molecule has 1 fully saturated rings. The van der Waals surface area contributed by atoms with Gasteiger partial charge in [0.15, 0.2) is 0 Å². The summed E-state index contributed by atoms with van der Waals surface area (Å²) in [6.45, 7) is 6.42. The van der Waals surface area contributed by atoms with Crippen LogP contribution in [-0.2, 0) is 16.0 Å². The van der Waals surface area contributed by atoms with Crippen molar-refractivity contribution in [1.82, 2.24) is 19.8 Å². The number of benzene rings is 1. The molecule has 2 heterocycles. The standard InChI is InChI=1S/C18H24N4O3/c1-12(2)9-16(23)21-5-7-22(8-6-21)17(24)11-13-3-4-14-15(10-13)20-18(25)19-14/h3-4,10,12H,5-9,11H2,1-2H3,(H2,19,20,25). The first kappa shape index (κ1) is 17.3. The van der Waals surface area contributed by atoms with E-state index in [2.05, 4.69) is 9.97 Å². The lowest BCUT2D eigenvalue weighted by molar-refractivity contribution is -0.139. The molecule has 1 aliphatic heterocycles. The number of hydrogen-bond donors (Lipinski definition) is 2. The second kappa shape index (κ2) is 7.13. The number of piperazine rings is 1. The number of rotatable bonds is 4. The maximum Gasteiger partial charge on any atom is 0.323 e. The van der Waals surface area contributed by atoms with Crippen LogP contribution in [0.2, 0.25) is 0 Å². The molecule has 134 valence electrons. The fraction of sp³-hybridized carbons (Fsp3) is 0.500. The summed E-state index contributed by atoms with van der Waals surface area (Å²) >= 11 is 0. The van der Waals surface area contributed by atoms with Gasteiger partial charge < -0.3 is 19.8 Å². The van der Waals surface area contributed by atoms with Crippen molar-refractivity contribution in [2.75, 3.05) is 26.2 Å². The molecule has 1 aromatic carbocycles. The molecule has 0 unspecified atom stereocenters. The maximum absolute atomic E-state index is 12.5. The van der Waals surface area contributed by atoms with Crippen LogP contribution in [0.3, 0.4) is 0 Å². The van der Waals surface area contributed by atoms with Crippen molar-refractivity contribution < 1.29 is 9.59 Å². The van der Waals surface area contributed by atoms with E-state index in [1.54, 1.807) is 6.07 Å². The molecule has 1 aromatic heterocycles. The van der Waals surface area contributed by atoms with Gasteiger partial charge in [0.05, 0.1) is 17.5 Å². The number of amides is 2. The number of nitrogens with zero attached hydrogens (tertiary/aromatic N) is 2. The Morgan fingerprint density at radius 3 is 2.24 bits per heavy atom. The van der Waals surface area contributed by atoms with Crippen LogP contribution in [0.4, 0.5) is 0 Å². The average molecular weight is 344 g/mol. The monoisotopic (exact) mass is 344 g/mol. The first-order valence-corrected chi connectivity index (χ1v) is 8.69. The second-order valence-corrected chi connectivity index (χ2v) is 7.00. The zero-order chi connectivity index (χ0) is 18.0. The van der Waals surface area contributed by atoms with Gasteiger partial charge in [-0.25, -0.2) is 4.79 Å². The van der Waals surface area contributed by atoms with Crippen molar-refractivity contribution in [3.63, 3.8) is 0 Å². The molecule has 0 saturated carbocycles. The molecule has 2 aromatic rings. The highest BCUT2D eigenvalue weighted by Gasteiger charge is 2.24. The summed E-state index contributed by atoms with van der Waals surface area (Å²) in [6.07, 6.45) is 0.853. The van der Waals surface area contributed by atoms with E-state index >= 15 is 0 Å². The van der Waals surface area contributed by atoms with Crippen LogP contribution in [0.15, 0.2) is 23.0 Å². The molecule has 1 saturated heterocycles. The van der Waals surface area contributed by atoms with Crippen LogP contribution >= 0.6 is 0 Å². The third kappa shape index (κ3) is 4.10. The quantitative estimate of drug-likeness (QED) is 0.871. The van der Waals surface area contributed by atoms with Gasteiger partial charge in [0.1, 0.15) is 0 Å². The molecule has 2 amide bonds. The third-order valence-electron chi connectivity index (χ3n) is 4.50. The number of aromatic nitrogens is 2. The molecule has 7 nitrogen and oxygen atoms in total. The van der Waals surface area contributed by atoms with Crippen LogP contribution in [0, 0.1) is 5.92 Å². The summed E-state index contributed by atoms with van der Waals surface area (Å²) in [7, 11) is 0. The Morgan fingerprint density at radius 1 is 1.00 bits per heavy atom. The van der Waals surface area contributed by atoms with E-state index in [0.717, 1.165) is 11.1 Å². The molecular formula is C18H24N4O3. The fourth-order valence-electron chi connectivity index (χ4n) is 3.16. The van der Waals surface area contributed by atoms with Crippen LogP contribution in [-0.4, -0.2) is 57.8 Å². The highest BCUT2D eigenvalue weighted by molar-refractivity contribution is 5.82. The van der Waals surface area contributed by atoms with E-state index in [4.69, 9.17) is 0 Å². The summed E-state index contributed by atoms with van der Waals surface area (Å²) in [6, 6.07) is 5.48. The zero-order valence-electron chi connectivity index (χ0n) is 14.7. The van der Waals surface area contributed by atoms with Gasteiger partial charge in [-0.15, -0.1) is 0 Å². The first-order valence-electron chi connectivity index (χ1n) is 8.69. The highest BCUT2D eigenvalue weighted by atomic mass is 16.2. The van der Waals surface area contributed by atoms with E-state index in [1.807, 2.05) is 35.8 Å². The van der Waals surface area contributed by atoms with Crippen LogP contribution in [0.1, 0.15) is 25.8 Å². The summed E-state index contributed by atoms with van der Waals surface area (Å²) in [5.41, 5.74) is 2.06. The Balaban J connectivity index is 1.57. The van der Waals surface area contributed by atoms with Crippen molar-refractivity contribution in [2.45, 2.75) is 26.7 Å². The molecule has 3 rings (SSSR count). The van der Waals surface area contributed by atoms with Crippen LogP contribution in [0.5, 0.6) is 0 Å². The number of carbonyl (C=O) groups is 2. The summed E-state index contributed by atoms with van der Waals surface area (Å²) in [4.78, 5) is 45.0. The Morgan fingerprint density at radius 2 is 1.60 bits per heavy atom. The van der Waals surface area contributed by atoms with Crippen molar-refractivity contribution in [3.05, 3.63) is 34.2 Å². The Labute approximate surface area is 146 Å². The van der Waals surface area contributed by atoms with Gasteiger partial charge >= 0.3 is 5.69 Å². The van der Waals surface area contributed by atoms with Gasteiger partial charge in [-0.05, 0) is 23.6 Å². The van der Waals surface area contributed by atoms with Crippen molar-refractivity contribution in [1.29, 1.82) is 0 Å². The van der Waals surface area contributed by atoms with Crippen molar-refractivity contribution in [3.8, 4) is 0 Å². The van der Waals surface area contributed by atoms with Gasteiger partial charge in [-0.1, -0.05) is 19.9 Å². The molecule has 2 N–H and O–H groups in total. The summed E-state index contributed by atoms with van der Waals surface area (Å²) < 4.78 is 0. The number of H-pyrrole nitrogens is 2. The first-order chi connectivity index (χ1) is 11.9. The molecule has 0 spiro atoms. The predicted molar refractivity (Wildman–Crippen MR) is 95.2 cm³/mol. The fourth-order valence-corrected chi connectivity index (χ4v) is 3.16. The summed E-state index contributed by atoms with van der Waals surface area (Å²) in [5.74, 6) is 0.569. The molecule has 0 bridgehead atoms. The van der Waals surface area contributed by atoms with Crippen molar-refractivity contribution in [2.24, 2.45) is 5.92 Å². The smallest absolute Gasteiger partial charge is 0.323 e. The topological polar surface area (TPSA) is 89.3 Å². The number of aromatic amines is 2.